The standard InChI is InChI=1S/C11H14N4O3S/c1-18-10-3-2-8(4-9(10)12)5-15-19(16,17)11-6-13-7-14-11/h2-4,6-7,15H,5,12H2,1H3,(H,13,14). The van der Waals surface area contributed by atoms with Crippen molar-refractivity contribution >= 4 is 15.7 Å². The summed E-state index contributed by atoms with van der Waals surface area (Å²) in [6.45, 7) is 0.134. The number of ether oxygens (including phenoxy) is 1. The van der Waals surface area contributed by atoms with Gasteiger partial charge < -0.3 is 15.5 Å². The number of nitrogen functional groups attached to an aromatic ring is 1. The summed E-state index contributed by atoms with van der Waals surface area (Å²) in [4.78, 5) is 6.21. The summed E-state index contributed by atoms with van der Waals surface area (Å²) in [7, 11) is -2.06. The molecule has 1 aromatic carbocycles. The molecule has 7 nitrogen and oxygen atoms in total. The number of hydrogen-bond acceptors (Lipinski definition) is 5. The lowest BCUT2D eigenvalue weighted by Gasteiger charge is -2.08. The zero-order valence-corrected chi connectivity index (χ0v) is 11.1. The number of imidazole rings is 1. The molecule has 1 aromatic heterocycles. The minimum Gasteiger partial charge on any atom is -0.495 e. The number of aromatic nitrogens is 2. The monoisotopic (exact) mass is 282 g/mol. The van der Waals surface area contributed by atoms with E-state index in [0.29, 0.717) is 11.4 Å². The molecule has 4 N–H and O–H groups in total. The van der Waals surface area contributed by atoms with Gasteiger partial charge in [0.1, 0.15) is 5.75 Å². The molecule has 8 heteroatoms. The maximum atomic E-state index is 11.8. The molecule has 0 aliphatic carbocycles. The van der Waals surface area contributed by atoms with Crippen molar-refractivity contribution in [1.82, 2.24) is 14.7 Å². The number of nitrogens with zero attached hydrogens (tertiary/aromatic N) is 1. The van der Waals surface area contributed by atoms with Gasteiger partial charge in [-0.3, -0.25) is 0 Å². The molecule has 0 spiro atoms. The minimum absolute atomic E-state index is 0.0222. The predicted molar refractivity (Wildman–Crippen MR) is 70.0 cm³/mol. The normalized spacial score (nSPS) is 11.4. The molecule has 0 aliphatic heterocycles. The third-order valence-electron chi connectivity index (χ3n) is 2.52. The Kier molecular flexibility index (Phi) is 3.72. The largest absolute Gasteiger partial charge is 0.495 e. The molecule has 102 valence electrons. The zero-order chi connectivity index (χ0) is 13.9. The van der Waals surface area contributed by atoms with Crippen LogP contribution in [0.5, 0.6) is 5.75 Å². The van der Waals surface area contributed by atoms with Gasteiger partial charge in [0.15, 0.2) is 5.03 Å². The Hall–Kier alpha value is -2.06. The molecule has 0 bridgehead atoms. The van der Waals surface area contributed by atoms with E-state index in [2.05, 4.69) is 14.7 Å². The third kappa shape index (κ3) is 3.04. The summed E-state index contributed by atoms with van der Waals surface area (Å²) in [5, 5.41) is 0.0222. The predicted octanol–water partition coefficient (Wildman–Crippen LogP) is 0.479. The number of hydrogen-bond donors (Lipinski definition) is 3. The number of H-pyrrole nitrogens is 1. The van der Waals surface area contributed by atoms with Gasteiger partial charge in [0, 0.05) is 6.54 Å². The van der Waals surface area contributed by atoms with E-state index in [4.69, 9.17) is 10.5 Å². The summed E-state index contributed by atoms with van der Waals surface area (Å²) in [6, 6.07) is 5.09. The molecule has 2 rings (SSSR count). The van der Waals surface area contributed by atoms with E-state index in [0.717, 1.165) is 5.56 Å². The Balaban J connectivity index is 2.09. The van der Waals surface area contributed by atoms with Crippen molar-refractivity contribution in [2.75, 3.05) is 12.8 Å². The van der Waals surface area contributed by atoms with E-state index in [1.807, 2.05) is 0 Å². The van der Waals surface area contributed by atoms with Crippen LogP contribution in [-0.4, -0.2) is 25.5 Å². The maximum absolute atomic E-state index is 11.8. The van der Waals surface area contributed by atoms with E-state index in [1.54, 1.807) is 18.2 Å². The van der Waals surface area contributed by atoms with Crippen molar-refractivity contribution in [2.45, 2.75) is 11.6 Å². The first-order valence-corrected chi connectivity index (χ1v) is 6.91. The Labute approximate surface area is 110 Å². The van der Waals surface area contributed by atoms with Gasteiger partial charge in [-0.05, 0) is 17.7 Å². The molecular formula is C11H14N4O3S. The second-order valence-electron chi connectivity index (χ2n) is 3.82. The molecule has 0 aliphatic rings. The van der Waals surface area contributed by atoms with Crippen molar-refractivity contribution < 1.29 is 13.2 Å². The van der Waals surface area contributed by atoms with E-state index >= 15 is 0 Å². The Morgan fingerprint density at radius 2 is 2.26 bits per heavy atom. The highest BCUT2D eigenvalue weighted by Gasteiger charge is 2.15. The molecule has 1 heterocycles. The van der Waals surface area contributed by atoms with Gasteiger partial charge >= 0.3 is 0 Å². The molecule has 2 aromatic rings. The van der Waals surface area contributed by atoms with E-state index < -0.39 is 10.0 Å². The average Bonchev–Trinajstić information content (AvgIpc) is 2.91. The van der Waals surface area contributed by atoms with E-state index in [9.17, 15) is 8.42 Å². The van der Waals surface area contributed by atoms with Crippen LogP contribution < -0.4 is 15.2 Å². The molecule has 0 saturated heterocycles. The first-order valence-electron chi connectivity index (χ1n) is 5.43. The van der Waals surface area contributed by atoms with Crippen LogP contribution in [0.2, 0.25) is 0 Å². The lowest BCUT2D eigenvalue weighted by Crippen LogP contribution is -2.23. The number of methoxy groups -OCH3 is 1. The second-order valence-corrected chi connectivity index (χ2v) is 5.55. The summed E-state index contributed by atoms with van der Waals surface area (Å²) < 4.78 is 31.1. The number of nitrogens with one attached hydrogen (secondary N) is 2. The van der Waals surface area contributed by atoms with Crippen LogP contribution in [0.15, 0.2) is 35.7 Å². The minimum atomic E-state index is -3.58. The number of aromatic amines is 1. The fourth-order valence-electron chi connectivity index (χ4n) is 1.54. The third-order valence-corrected chi connectivity index (χ3v) is 3.85. The topological polar surface area (TPSA) is 110 Å². The molecule has 0 atom stereocenters. The van der Waals surface area contributed by atoms with Crippen molar-refractivity contribution in [2.24, 2.45) is 0 Å². The summed E-state index contributed by atoms with van der Waals surface area (Å²) in [6.07, 6.45) is 2.55. The van der Waals surface area contributed by atoms with E-state index in [-0.39, 0.29) is 11.6 Å². The zero-order valence-electron chi connectivity index (χ0n) is 10.3. The van der Waals surface area contributed by atoms with Gasteiger partial charge in [-0.2, -0.15) is 0 Å². The number of anilines is 1. The summed E-state index contributed by atoms with van der Waals surface area (Å²) in [5.41, 5.74) is 6.94. The van der Waals surface area contributed by atoms with Crippen molar-refractivity contribution in [3.63, 3.8) is 0 Å². The molecule has 0 saturated carbocycles. The summed E-state index contributed by atoms with van der Waals surface area (Å²) >= 11 is 0. The number of nitrogens with two attached hydrogens (primary N) is 1. The lowest BCUT2D eigenvalue weighted by molar-refractivity contribution is 0.417. The number of sulfonamides is 1. The van der Waals surface area contributed by atoms with E-state index in [1.165, 1.54) is 19.6 Å². The highest BCUT2D eigenvalue weighted by Crippen LogP contribution is 2.21. The van der Waals surface area contributed by atoms with Crippen LogP contribution >= 0.6 is 0 Å². The SMILES string of the molecule is COc1ccc(CNS(=O)(=O)c2cnc[nH]2)cc1N. The van der Waals surface area contributed by atoms with Crippen LogP contribution in [0.25, 0.3) is 0 Å². The van der Waals surface area contributed by atoms with Crippen LogP contribution in [0.1, 0.15) is 5.56 Å². The molecule has 19 heavy (non-hydrogen) atoms. The number of rotatable bonds is 5. The summed E-state index contributed by atoms with van der Waals surface area (Å²) in [5.74, 6) is 0.556. The fourth-order valence-corrected chi connectivity index (χ4v) is 2.46. The molecule has 0 radical (unpaired) electrons. The number of benzene rings is 1. The van der Waals surface area contributed by atoms with Gasteiger partial charge in [0.25, 0.3) is 10.0 Å². The van der Waals surface area contributed by atoms with Crippen LogP contribution in [-0.2, 0) is 16.6 Å². The molecular weight excluding hydrogens is 268 g/mol. The Bertz CT molecular complexity index is 653. The van der Waals surface area contributed by atoms with Crippen LogP contribution in [0, 0.1) is 0 Å². The van der Waals surface area contributed by atoms with Gasteiger partial charge in [-0.15, -0.1) is 0 Å². The smallest absolute Gasteiger partial charge is 0.257 e. The average molecular weight is 282 g/mol. The van der Waals surface area contributed by atoms with Gasteiger partial charge in [-0.1, -0.05) is 6.07 Å². The quantitative estimate of drug-likeness (QED) is 0.691. The first kappa shape index (κ1) is 13.4. The second kappa shape index (κ2) is 5.29. The fraction of sp³-hybridized carbons (Fsp3) is 0.182. The molecule has 0 unspecified atom stereocenters. The van der Waals surface area contributed by atoms with Gasteiger partial charge in [0.05, 0.1) is 25.3 Å². The Morgan fingerprint density at radius 3 is 2.84 bits per heavy atom. The van der Waals surface area contributed by atoms with Crippen LogP contribution in [0.4, 0.5) is 5.69 Å². The maximum Gasteiger partial charge on any atom is 0.257 e. The molecule has 0 fully saturated rings. The van der Waals surface area contributed by atoms with Crippen molar-refractivity contribution in [3.05, 3.63) is 36.3 Å². The Morgan fingerprint density at radius 1 is 1.47 bits per heavy atom. The highest BCUT2D eigenvalue weighted by molar-refractivity contribution is 7.89. The lowest BCUT2D eigenvalue weighted by atomic mass is 10.2. The van der Waals surface area contributed by atoms with Crippen LogP contribution in [0.3, 0.4) is 0 Å². The van der Waals surface area contributed by atoms with Gasteiger partial charge in [-0.25, -0.2) is 18.1 Å². The molecule has 0 amide bonds. The van der Waals surface area contributed by atoms with Crippen molar-refractivity contribution in [1.29, 1.82) is 0 Å². The first-order chi connectivity index (χ1) is 9.03. The highest BCUT2D eigenvalue weighted by atomic mass is 32.2. The van der Waals surface area contributed by atoms with Crippen molar-refractivity contribution in [3.8, 4) is 5.75 Å². The van der Waals surface area contributed by atoms with Gasteiger partial charge in [0.2, 0.25) is 0 Å².